The van der Waals surface area contributed by atoms with Gasteiger partial charge in [-0.25, -0.2) is 9.78 Å². The van der Waals surface area contributed by atoms with Crippen LogP contribution in [0.25, 0.3) is 11.0 Å². The third-order valence-electron chi connectivity index (χ3n) is 2.47. The van der Waals surface area contributed by atoms with Crippen LogP contribution in [0, 0.1) is 0 Å². The van der Waals surface area contributed by atoms with Gasteiger partial charge in [0.15, 0.2) is 6.10 Å². The van der Waals surface area contributed by atoms with Crippen LogP contribution in [0.4, 0.5) is 0 Å². The van der Waals surface area contributed by atoms with Gasteiger partial charge < -0.3 is 14.8 Å². The van der Waals surface area contributed by atoms with Crippen molar-refractivity contribution in [1.29, 1.82) is 0 Å². The van der Waals surface area contributed by atoms with E-state index in [0.717, 1.165) is 0 Å². The summed E-state index contributed by atoms with van der Waals surface area (Å²) in [4.78, 5) is 28.9. The molecule has 94 valence electrons. The number of ether oxygens (including phenoxy) is 1. The molecule has 1 atom stereocenters. The van der Waals surface area contributed by atoms with Crippen molar-refractivity contribution in [3.8, 4) is 0 Å². The Labute approximate surface area is 103 Å². The van der Waals surface area contributed by atoms with Gasteiger partial charge in [-0.1, -0.05) is 0 Å². The van der Waals surface area contributed by atoms with Crippen LogP contribution in [-0.2, 0) is 9.53 Å². The molecule has 1 aromatic carbocycles. The lowest BCUT2D eigenvalue weighted by atomic mass is 10.2. The molecule has 0 radical (unpaired) electrons. The molecule has 0 saturated carbocycles. The number of nitrogens with one attached hydrogen (secondary N) is 1. The second-order valence-electron chi connectivity index (χ2n) is 3.91. The summed E-state index contributed by atoms with van der Waals surface area (Å²) < 4.78 is 4.99. The minimum absolute atomic E-state index is 0.179. The second kappa shape index (κ2) is 4.48. The number of rotatable bonds is 3. The fourth-order valence-corrected chi connectivity index (χ4v) is 1.66. The van der Waals surface area contributed by atoms with E-state index in [1.165, 1.54) is 19.1 Å². The Hall–Kier alpha value is -2.37. The van der Waals surface area contributed by atoms with Crippen molar-refractivity contribution < 1.29 is 19.4 Å². The van der Waals surface area contributed by atoms with Gasteiger partial charge in [-0.05, 0) is 25.1 Å². The van der Waals surface area contributed by atoms with E-state index in [-0.39, 0.29) is 5.56 Å². The van der Waals surface area contributed by atoms with Crippen LogP contribution < -0.4 is 0 Å². The largest absolute Gasteiger partial charge is 0.478 e. The standard InChI is InChI=1S/C12H12N2O4/c1-6(18-7(2)15)11-13-9-4-3-8(12(16)17)5-10(9)14-11/h3-6H,1-2H3,(H,13,14)(H,16,17). The summed E-state index contributed by atoms with van der Waals surface area (Å²) in [5.41, 5.74) is 1.41. The maximum atomic E-state index is 10.8. The second-order valence-corrected chi connectivity index (χ2v) is 3.91. The van der Waals surface area contributed by atoms with Crippen molar-refractivity contribution in [2.45, 2.75) is 20.0 Å². The summed E-state index contributed by atoms with van der Waals surface area (Å²) in [6.07, 6.45) is -0.497. The number of aromatic nitrogens is 2. The molecule has 0 fully saturated rings. The molecule has 18 heavy (non-hydrogen) atoms. The number of carbonyl (C=O) groups excluding carboxylic acids is 1. The number of carbonyl (C=O) groups is 2. The molecule has 1 aromatic heterocycles. The van der Waals surface area contributed by atoms with Crippen LogP contribution in [0.3, 0.4) is 0 Å². The first-order valence-electron chi connectivity index (χ1n) is 5.37. The van der Waals surface area contributed by atoms with E-state index >= 15 is 0 Å². The van der Waals surface area contributed by atoms with Gasteiger partial charge in [0, 0.05) is 6.92 Å². The van der Waals surface area contributed by atoms with Crippen molar-refractivity contribution >= 4 is 23.0 Å². The number of carboxylic acids is 1. The number of carboxylic acid groups (broad SMARTS) is 1. The summed E-state index contributed by atoms with van der Waals surface area (Å²) in [6.45, 7) is 3.01. The minimum Gasteiger partial charge on any atom is -0.478 e. The topological polar surface area (TPSA) is 92.3 Å². The molecule has 0 aliphatic rings. The van der Waals surface area contributed by atoms with E-state index in [0.29, 0.717) is 16.9 Å². The Morgan fingerprint density at radius 3 is 2.78 bits per heavy atom. The van der Waals surface area contributed by atoms with Crippen molar-refractivity contribution in [3.05, 3.63) is 29.6 Å². The van der Waals surface area contributed by atoms with E-state index in [1.807, 2.05) is 0 Å². The Bertz CT molecular complexity index is 618. The van der Waals surface area contributed by atoms with E-state index < -0.39 is 18.0 Å². The van der Waals surface area contributed by atoms with Crippen LogP contribution in [0.5, 0.6) is 0 Å². The molecule has 6 nitrogen and oxygen atoms in total. The Morgan fingerprint density at radius 2 is 2.17 bits per heavy atom. The number of benzene rings is 1. The zero-order valence-electron chi connectivity index (χ0n) is 9.93. The molecule has 0 bridgehead atoms. The van der Waals surface area contributed by atoms with Crippen molar-refractivity contribution in [3.63, 3.8) is 0 Å². The number of hydrogen-bond donors (Lipinski definition) is 2. The van der Waals surface area contributed by atoms with Gasteiger partial charge in [-0.2, -0.15) is 0 Å². The molecular formula is C12H12N2O4. The van der Waals surface area contributed by atoms with Crippen LogP contribution in [0.15, 0.2) is 18.2 Å². The zero-order valence-corrected chi connectivity index (χ0v) is 9.93. The number of aromatic carboxylic acids is 1. The quantitative estimate of drug-likeness (QED) is 0.809. The zero-order chi connectivity index (χ0) is 13.3. The van der Waals surface area contributed by atoms with Crippen molar-refractivity contribution in [2.24, 2.45) is 0 Å². The van der Waals surface area contributed by atoms with Gasteiger partial charge in [0.2, 0.25) is 0 Å². The lowest BCUT2D eigenvalue weighted by molar-refractivity contribution is -0.146. The fraction of sp³-hybridized carbons (Fsp3) is 0.250. The van der Waals surface area contributed by atoms with Crippen LogP contribution >= 0.6 is 0 Å². The summed E-state index contributed by atoms with van der Waals surface area (Å²) in [5, 5.41) is 8.88. The SMILES string of the molecule is CC(=O)OC(C)c1nc2ccc(C(=O)O)cc2[nH]1. The molecule has 2 N–H and O–H groups in total. The molecule has 0 amide bonds. The predicted octanol–water partition coefficient (Wildman–Crippen LogP) is 1.89. The number of fused-ring (bicyclic) bond motifs is 1. The average molecular weight is 248 g/mol. The predicted molar refractivity (Wildman–Crippen MR) is 63.2 cm³/mol. The van der Waals surface area contributed by atoms with Crippen molar-refractivity contribution in [1.82, 2.24) is 9.97 Å². The first-order valence-corrected chi connectivity index (χ1v) is 5.37. The number of hydrogen-bond acceptors (Lipinski definition) is 4. The Morgan fingerprint density at radius 1 is 1.44 bits per heavy atom. The van der Waals surface area contributed by atoms with E-state index in [2.05, 4.69) is 9.97 Å². The summed E-state index contributed by atoms with van der Waals surface area (Å²) >= 11 is 0. The number of nitrogens with zero attached hydrogens (tertiary/aromatic N) is 1. The van der Waals surface area contributed by atoms with E-state index in [1.54, 1.807) is 13.0 Å². The number of imidazole rings is 1. The Balaban J connectivity index is 2.38. The molecular weight excluding hydrogens is 236 g/mol. The van der Waals surface area contributed by atoms with Crippen molar-refractivity contribution in [2.75, 3.05) is 0 Å². The van der Waals surface area contributed by atoms with Gasteiger partial charge >= 0.3 is 11.9 Å². The highest BCUT2D eigenvalue weighted by Gasteiger charge is 2.14. The lowest BCUT2D eigenvalue weighted by Crippen LogP contribution is -2.06. The highest BCUT2D eigenvalue weighted by atomic mass is 16.5. The third kappa shape index (κ3) is 2.32. The maximum Gasteiger partial charge on any atom is 0.335 e. The molecule has 0 aliphatic carbocycles. The van der Waals surface area contributed by atoms with Crippen LogP contribution in [0.2, 0.25) is 0 Å². The van der Waals surface area contributed by atoms with Gasteiger partial charge in [-0.3, -0.25) is 4.79 Å². The van der Waals surface area contributed by atoms with Crippen LogP contribution in [0.1, 0.15) is 36.1 Å². The molecule has 1 unspecified atom stereocenters. The highest BCUT2D eigenvalue weighted by molar-refractivity contribution is 5.92. The first-order chi connectivity index (χ1) is 8.47. The Kier molecular flexibility index (Phi) is 3.01. The molecule has 0 aliphatic heterocycles. The number of aromatic amines is 1. The monoisotopic (exact) mass is 248 g/mol. The molecule has 6 heteroatoms. The van der Waals surface area contributed by atoms with Gasteiger partial charge in [0.1, 0.15) is 5.82 Å². The smallest absolute Gasteiger partial charge is 0.335 e. The summed E-state index contributed by atoms with van der Waals surface area (Å²) in [5.74, 6) is -0.905. The summed E-state index contributed by atoms with van der Waals surface area (Å²) in [7, 11) is 0. The number of esters is 1. The van der Waals surface area contributed by atoms with Gasteiger partial charge in [-0.15, -0.1) is 0 Å². The lowest BCUT2D eigenvalue weighted by Gasteiger charge is -2.07. The third-order valence-corrected chi connectivity index (χ3v) is 2.47. The molecule has 2 aromatic rings. The molecule has 2 rings (SSSR count). The highest BCUT2D eigenvalue weighted by Crippen LogP contribution is 2.19. The maximum absolute atomic E-state index is 10.8. The first kappa shape index (κ1) is 12.1. The van der Waals surface area contributed by atoms with E-state index in [4.69, 9.17) is 9.84 Å². The van der Waals surface area contributed by atoms with Gasteiger partial charge in [0.25, 0.3) is 0 Å². The average Bonchev–Trinajstić information content (AvgIpc) is 2.70. The normalized spacial score (nSPS) is 12.3. The molecule has 1 heterocycles. The number of H-pyrrole nitrogens is 1. The molecule has 0 spiro atoms. The van der Waals surface area contributed by atoms with Crippen LogP contribution in [-0.4, -0.2) is 27.0 Å². The fourth-order valence-electron chi connectivity index (χ4n) is 1.66. The van der Waals surface area contributed by atoms with E-state index in [9.17, 15) is 9.59 Å². The minimum atomic E-state index is -0.999. The van der Waals surface area contributed by atoms with Gasteiger partial charge in [0.05, 0.1) is 16.6 Å². The molecule has 0 saturated heterocycles. The summed E-state index contributed by atoms with van der Waals surface area (Å²) in [6, 6.07) is 4.58.